The zero-order chi connectivity index (χ0) is 23.1. The van der Waals surface area contributed by atoms with Crippen molar-refractivity contribution in [1.82, 2.24) is 15.2 Å². The summed E-state index contributed by atoms with van der Waals surface area (Å²) in [4.78, 5) is 4.25. The molecule has 1 aromatic carbocycles. The van der Waals surface area contributed by atoms with E-state index in [-0.39, 0.29) is 22.9 Å². The number of sulfone groups is 1. The molecule has 1 N–H and O–H groups in total. The standard InChI is InChI=1S/C21H21F3N4O3S/c1-12-16(4-3-5-18(12)21(22,23)24)13(2)27-20-17-8-15(9-25-19(17)10-26-28-20)32(29,30)14-6-7-31-11-14/h3-5,8-10,13-14H,6-7,11H2,1-2H3,(H,27,28)/t13-,14?/m1/s1. The van der Waals surface area contributed by atoms with E-state index >= 15 is 0 Å². The van der Waals surface area contributed by atoms with E-state index in [1.165, 1.54) is 31.5 Å². The number of hydrogen-bond donors (Lipinski definition) is 1. The number of aromatic nitrogens is 3. The second kappa shape index (κ2) is 8.28. The average Bonchev–Trinajstić information content (AvgIpc) is 3.29. The molecule has 1 unspecified atom stereocenters. The topological polar surface area (TPSA) is 94.1 Å². The molecule has 7 nitrogen and oxygen atoms in total. The third-order valence-corrected chi connectivity index (χ3v) is 7.77. The van der Waals surface area contributed by atoms with Crippen molar-refractivity contribution in [3.8, 4) is 0 Å². The smallest absolute Gasteiger partial charge is 0.380 e. The summed E-state index contributed by atoms with van der Waals surface area (Å²) in [5, 5.41) is 10.8. The Bertz CT molecular complexity index is 1260. The van der Waals surface area contributed by atoms with Crippen LogP contribution in [0.2, 0.25) is 0 Å². The zero-order valence-electron chi connectivity index (χ0n) is 17.3. The summed E-state index contributed by atoms with van der Waals surface area (Å²) in [5.41, 5.74) is 0.257. The number of rotatable bonds is 5. The van der Waals surface area contributed by atoms with Crippen LogP contribution in [0.3, 0.4) is 0 Å². The van der Waals surface area contributed by atoms with Crippen LogP contribution in [0.15, 0.2) is 41.6 Å². The van der Waals surface area contributed by atoms with Gasteiger partial charge < -0.3 is 10.1 Å². The molecular weight excluding hydrogens is 445 g/mol. The van der Waals surface area contributed by atoms with Crippen molar-refractivity contribution in [2.24, 2.45) is 0 Å². The third kappa shape index (κ3) is 4.14. The molecule has 0 amide bonds. The fraction of sp³-hybridized carbons (Fsp3) is 0.381. The molecule has 2 atom stereocenters. The number of ether oxygens (including phenoxy) is 1. The molecule has 1 fully saturated rings. The molecule has 1 aliphatic heterocycles. The Hall–Kier alpha value is -2.79. The van der Waals surface area contributed by atoms with Crippen molar-refractivity contribution in [3.63, 3.8) is 0 Å². The fourth-order valence-electron chi connectivity index (χ4n) is 3.87. The van der Waals surface area contributed by atoms with E-state index in [4.69, 9.17) is 4.74 Å². The highest BCUT2D eigenvalue weighted by Gasteiger charge is 2.34. The Morgan fingerprint density at radius 2 is 2.03 bits per heavy atom. The van der Waals surface area contributed by atoms with E-state index < -0.39 is 32.9 Å². The van der Waals surface area contributed by atoms with Gasteiger partial charge in [0, 0.05) is 18.2 Å². The van der Waals surface area contributed by atoms with E-state index in [0.717, 1.165) is 6.07 Å². The number of nitrogens with one attached hydrogen (secondary N) is 1. The number of hydrogen-bond acceptors (Lipinski definition) is 7. The summed E-state index contributed by atoms with van der Waals surface area (Å²) in [5.74, 6) is 0.235. The highest BCUT2D eigenvalue weighted by Crippen LogP contribution is 2.35. The van der Waals surface area contributed by atoms with Gasteiger partial charge in [-0.15, -0.1) is 5.10 Å². The molecule has 32 heavy (non-hydrogen) atoms. The molecule has 3 heterocycles. The Kier molecular flexibility index (Phi) is 5.80. The number of nitrogens with zero attached hydrogens (tertiary/aromatic N) is 3. The van der Waals surface area contributed by atoms with Gasteiger partial charge in [0.15, 0.2) is 15.7 Å². The highest BCUT2D eigenvalue weighted by molar-refractivity contribution is 7.92. The van der Waals surface area contributed by atoms with Crippen LogP contribution in [0.5, 0.6) is 0 Å². The summed E-state index contributed by atoms with van der Waals surface area (Å²) in [6.45, 7) is 3.64. The second-order valence-electron chi connectivity index (χ2n) is 7.71. The maximum Gasteiger partial charge on any atom is 0.416 e. The van der Waals surface area contributed by atoms with Crippen LogP contribution in [0.25, 0.3) is 10.9 Å². The lowest BCUT2D eigenvalue weighted by molar-refractivity contribution is -0.138. The minimum atomic E-state index is -4.46. The normalized spacial score (nSPS) is 18.1. The van der Waals surface area contributed by atoms with Gasteiger partial charge in [-0.3, -0.25) is 4.98 Å². The number of fused-ring (bicyclic) bond motifs is 1. The summed E-state index contributed by atoms with van der Waals surface area (Å²) >= 11 is 0. The molecule has 2 aromatic heterocycles. The first kappa shape index (κ1) is 22.4. The van der Waals surface area contributed by atoms with Gasteiger partial charge >= 0.3 is 6.18 Å². The SMILES string of the molecule is Cc1c([C@@H](C)Nc2nncc3ncc(S(=O)(=O)C4CCOC4)cc23)cccc1C(F)(F)F. The van der Waals surface area contributed by atoms with Crippen LogP contribution in [0, 0.1) is 6.92 Å². The van der Waals surface area contributed by atoms with E-state index in [1.807, 2.05) is 0 Å². The molecular formula is C21H21F3N4O3S. The summed E-state index contributed by atoms with van der Waals surface area (Å²) < 4.78 is 70.9. The number of alkyl halides is 3. The van der Waals surface area contributed by atoms with E-state index in [1.54, 1.807) is 13.0 Å². The summed E-state index contributed by atoms with van der Waals surface area (Å²) in [6, 6.07) is 4.92. The zero-order valence-corrected chi connectivity index (χ0v) is 18.2. The minimum absolute atomic E-state index is 0.0412. The summed E-state index contributed by atoms with van der Waals surface area (Å²) in [7, 11) is -3.64. The lowest BCUT2D eigenvalue weighted by atomic mass is 9.97. The monoisotopic (exact) mass is 466 g/mol. The van der Waals surface area contributed by atoms with Crippen LogP contribution in [0.1, 0.15) is 36.1 Å². The Morgan fingerprint density at radius 1 is 1.25 bits per heavy atom. The maximum absolute atomic E-state index is 13.3. The lowest BCUT2D eigenvalue weighted by Crippen LogP contribution is -2.21. The molecule has 0 aliphatic carbocycles. The van der Waals surface area contributed by atoms with Crippen molar-refractivity contribution in [2.75, 3.05) is 18.5 Å². The van der Waals surface area contributed by atoms with E-state index in [9.17, 15) is 21.6 Å². The van der Waals surface area contributed by atoms with E-state index in [2.05, 4.69) is 20.5 Å². The lowest BCUT2D eigenvalue weighted by Gasteiger charge is -2.20. The fourth-order valence-corrected chi connectivity index (χ4v) is 5.42. The Morgan fingerprint density at radius 3 is 2.72 bits per heavy atom. The molecule has 0 saturated carbocycles. The second-order valence-corrected chi connectivity index (χ2v) is 9.94. The summed E-state index contributed by atoms with van der Waals surface area (Å²) in [6.07, 6.45) is -1.38. The number of halogens is 3. The molecule has 0 spiro atoms. The van der Waals surface area contributed by atoms with Gasteiger partial charge in [0.25, 0.3) is 0 Å². The molecule has 4 rings (SSSR count). The first-order chi connectivity index (χ1) is 15.1. The molecule has 0 bridgehead atoms. The van der Waals surface area contributed by atoms with Crippen LogP contribution in [-0.4, -0.2) is 42.1 Å². The quantitative estimate of drug-likeness (QED) is 0.605. The predicted molar refractivity (Wildman–Crippen MR) is 112 cm³/mol. The third-order valence-electron chi connectivity index (χ3n) is 5.64. The predicted octanol–water partition coefficient (Wildman–Crippen LogP) is 4.09. The molecule has 1 aliphatic rings. The van der Waals surface area contributed by atoms with Gasteiger partial charge in [-0.2, -0.15) is 18.3 Å². The molecule has 0 radical (unpaired) electrons. The number of anilines is 1. The van der Waals surface area contributed by atoms with E-state index in [0.29, 0.717) is 29.5 Å². The van der Waals surface area contributed by atoms with Crippen molar-refractivity contribution in [3.05, 3.63) is 53.3 Å². The van der Waals surface area contributed by atoms with Crippen LogP contribution >= 0.6 is 0 Å². The molecule has 1 saturated heterocycles. The van der Waals surface area contributed by atoms with Gasteiger partial charge in [0.05, 0.1) is 40.1 Å². The average molecular weight is 466 g/mol. The van der Waals surface area contributed by atoms with Crippen LogP contribution < -0.4 is 5.32 Å². The Labute approximate surface area is 182 Å². The first-order valence-electron chi connectivity index (χ1n) is 9.95. The van der Waals surface area contributed by atoms with Gasteiger partial charge in [-0.05, 0) is 43.5 Å². The van der Waals surface area contributed by atoms with Gasteiger partial charge in [0.2, 0.25) is 0 Å². The van der Waals surface area contributed by atoms with Gasteiger partial charge in [-0.25, -0.2) is 8.42 Å². The molecule has 170 valence electrons. The highest BCUT2D eigenvalue weighted by atomic mass is 32.2. The van der Waals surface area contributed by atoms with Crippen molar-refractivity contribution < 1.29 is 26.3 Å². The molecule has 11 heteroatoms. The molecule has 3 aromatic rings. The largest absolute Gasteiger partial charge is 0.416 e. The minimum Gasteiger partial charge on any atom is -0.380 e. The van der Waals surface area contributed by atoms with Gasteiger partial charge in [-0.1, -0.05) is 12.1 Å². The number of pyridine rings is 1. The van der Waals surface area contributed by atoms with Crippen molar-refractivity contribution in [1.29, 1.82) is 0 Å². The van der Waals surface area contributed by atoms with Crippen molar-refractivity contribution >= 4 is 26.6 Å². The van der Waals surface area contributed by atoms with Crippen LogP contribution in [0.4, 0.5) is 19.0 Å². The maximum atomic E-state index is 13.3. The Balaban J connectivity index is 1.71. The van der Waals surface area contributed by atoms with Crippen molar-refractivity contribution in [2.45, 2.75) is 42.6 Å². The van der Waals surface area contributed by atoms with Gasteiger partial charge in [0.1, 0.15) is 0 Å². The van der Waals surface area contributed by atoms with Crippen LogP contribution in [-0.2, 0) is 20.8 Å². The number of benzene rings is 1. The first-order valence-corrected chi connectivity index (χ1v) is 11.5.